The van der Waals surface area contributed by atoms with E-state index >= 15 is 0 Å². The average molecular weight is 160 g/mol. The molecule has 58 valence electrons. The van der Waals surface area contributed by atoms with E-state index in [-0.39, 0.29) is 12.1 Å². The van der Waals surface area contributed by atoms with Crippen LogP contribution in [0.4, 0.5) is 0 Å². The van der Waals surface area contributed by atoms with Crippen molar-refractivity contribution in [1.29, 1.82) is 0 Å². The van der Waals surface area contributed by atoms with Crippen molar-refractivity contribution in [2.75, 3.05) is 12.0 Å². The third kappa shape index (κ3) is 2.21. The van der Waals surface area contributed by atoms with Gasteiger partial charge in [0.1, 0.15) is 6.10 Å². The van der Waals surface area contributed by atoms with Crippen LogP contribution in [0.2, 0.25) is 0 Å². The minimum atomic E-state index is -0.0221. The normalized spacial score (nSPS) is 24.9. The molecule has 2 nitrogen and oxygen atoms in total. The molecule has 0 aromatic rings. The fourth-order valence-corrected chi connectivity index (χ4v) is 1.53. The molecule has 0 unspecified atom stereocenters. The first-order valence-corrected chi connectivity index (χ1v) is 4.90. The average Bonchev–Trinajstić information content (AvgIpc) is 2.31. The molecule has 0 amide bonds. The summed E-state index contributed by atoms with van der Waals surface area (Å²) in [6.45, 7) is 0. The molecule has 0 aromatic heterocycles. The fraction of sp³-hybridized carbons (Fsp3) is 0.857. The molecule has 1 heterocycles. The molecule has 0 bridgehead atoms. The number of rotatable bonds is 3. The van der Waals surface area contributed by atoms with Gasteiger partial charge in [0.25, 0.3) is 0 Å². The van der Waals surface area contributed by atoms with Crippen LogP contribution >= 0.6 is 11.8 Å². The summed E-state index contributed by atoms with van der Waals surface area (Å²) in [5, 5.41) is 0. The molecule has 0 radical (unpaired) electrons. The zero-order valence-electron chi connectivity index (χ0n) is 6.13. The summed E-state index contributed by atoms with van der Waals surface area (Å²) in [5.41, 5.74) is 0. The lowest BCUT2D eigenvalue weighted by molar-refractivity contribution is -0.141. The maximum atomic E-state index is 10.6. The van der Waals surface area contributed by atoms with E-state index in [2.05, 4.69) is 6.26 Å². The summed E-state index contributed by atoms with van der Waals surface area (Å²) < 4.78 is 5.01. The number of hydrogen-bond donors (Lipinski definition) is 0. The summed E-state index contributed by atoms with van der Waals surface area (Å²) in [6, 6.07) is 0. The third-order valence-electron chi connectivity index (χ3n) is 1.61. The van der Waals surface area contributed by atoms with Crippen LogP contribution in [0.15, 0.2) is 0 Å². The van der Waals surface area contributed by atoms with Crippen molar-refractivity contribution in [3.8, 4) is 0 Å². The van der Waals surface area contributed by atoms with Gasteiger partial charge in [-0.3, -0.25) is 4.79 Å². The Morgan fingerprint density at radius 3 is 3.10 bits per heavy atom. The van der Waals surface area contributed by atoms with Crippen LogP contribution in [0.3, 0.4) is 0 Å². The molecule has 1 fully saturated rings. The highest BCUT2D eigenvalue weighted by molar-refractivity contribution is 7.98. The van der Waals surface area contributed by atoms with Crippen molar-refractivity contribution in [3.05, 3.63) is 0 Å². The quantitative estimate of drug-likeness (QED) is 0.584. The van der Waals surface area contributed by atoms with Crippen molar-refractivity contribution in [2.45, 2.75) is 25.4 Å². The Morgan fingerprint density at radius 1 is 1.80 bits per heavy atom. The van der Waals surface area contributed by atoms with Gasteiger partial charge in [0, 0.05) is 6.42 Å². The summed E-state index contributed by atoms with van der Waals surface area (Å²) in [7, 11) is 0. The van der Waals surface area contributed by atoms with Crippen molar-refractivity contribution >= 4 is 17.7 Å². The van der Waals surface area contributed by atoms with Crippen LogP contribution in [0.25, 0.3) is 0 Å². The highest BCUT2D eigenvalue weighted by atomic mass is 32.2. The monoisotopic (exact) mass is 160 g/mol. The number of carbonyl (C=O) groups excluding carboxylic acids is 1. The second kappa shape index (κ2) is 3.86. The van der Waals surface area contributed by atoms with Gasteiger partial charge < -0.3 is 4.74 Å². The number of carbonyl (C=O) groups is 1. The number of hydrogen-bond acceptors (Lipinski definition) is 3. The van der Waals surface area contributed by atoms with E-state index in [0.717, 1.165) is 18.6 Å². The molecule has 0 aliphatic carbocycles. The van der Waals surface area contributed by atoms with Gasteiger partial charge in [0.05, 0.1) is 0 Å². The van der Waals surface area contributed by atoms with E-state index in [4.69, 9.17) is 4.74 Å². The van der Waals surface area contributed by atoms with Crippen molar-refractivity contribution in [1.82, 2.24) is 0 Å². The van der Waals surface area contributed by atoms with E-state index in [1.54, 1.807) is 11.8 Å². The van der Waals surface area contributed by atoms with Crippen LogP contribution in [-0.2, 0) is 9.53 Å². The molecular formula is C7H12O2S. The Bertz CT molecular complexity index is 125. The predicted molar refractivity (Wildman–Crippen MR) is 42.1 cm³/mol. The maximum Gasteiger partial charge on any atom is 0.306 e. The molecular weight excluding hydrogens is 148 g/mol. The molecule has 1 atom stereocenters. The zero-order chi connectivity index (χ0) is 7.40. The van der Waals surface area contributed by atoms with Crippen LogP contribution in [0.1, 0.15) is 19.3 Å². The topological polar surface area (TPSA) is 26.3 Å². The van der Waals surface area contributed by atoms with Crippen molar-refractivity contribution in [2.24, 2.45) is 0 Å². The summed E-state index contributed by atoms with van der Waals surface area (Å²) in [6.07, 6.45) is 4.86. The van der Waals surface area contributed by atoms with Gasteiger partial charge in [-0.25, -0.2) is 0 Å². The first kappa shape index (κ1) is 7.92. The number of cyclic esters (lactones) is 1. The molecule has 0 N–H and O–H groups in total. The van der Waals surface area contributed by atoms with Gasteiger partial charge in [0.2, 0.25) is 0 Å². The van der Waals surface area contributed by atoms with Crippen molar-refractivity contribution < 1.29 is 9.53 Å². The molecule has 0 aromatic carbocycles. The maximum absolute atomic E-state index is 10.6. The third-order valence-corrected chi connectivity index (χ3v) is 2.26. The second-order valence-electron chi connectivity index (χ2n) is 2.43. The molecule has 1 aliphatic rings. The molecule has 1 saturated heterocycles. The van der Waals surface area contributed by atoms with E-state index in [1.165, 1.54) is 0 Å². The second-order valence-corrected chi connectivity index (χ2v) is 3.42. The molecule has 3 heteroatoms. The van der Waals surface area contributed by atoms with E-state index < -0.39 is 0 Å². The number of thioether (sulfide) groups is 1. The van der Waals surface area contributed by atoms with Crippen molar-refractivity contribution in [3.63, 3.8) is 0 Å². The predicted octanol–water partition coefficient (Wildman–Crippen LogP) is 1.45. The Balaban J connectivity index is 2.12. The largest absolute Gasteiger partial charge is 0.462 e. The van der Waals surface area contributed by atoms with Gasteiger partial charge in [-0.2, -0.15) is 11.8 Å². The fourth-order valence-electron chi connectivity index (χ4n) is 1.04. The standard InChI is InChI=1S/C7H12O2S/c1-10-5-4-6-2-3-7(8)9-6/h6H,2-5H2,1H3/t6-/m1/s1. The highest BCUT2D eigenvalue weighted by Gasteiger charge is 2.22. The van der Waals surface area contributed by atoms with Gasteiger partial charge in [-0.15, -0.1) is 0 Å². The van der Waals surface area contributed by atoms with Crippen LogP contribution in [-0.4, -0.2) is 24.1 Å². The van der Waals surface area contributed by atoms with E-state index in [1.807, 2.05) is 0 Å². The Kier molecular flexibility index (Phi) is 3.06. The molecule has 1 aliphatic heterocycles. The van der Waals surface area contributed by atoms with Gasteiger partial charge in [-0.1, -0.05) is 0 Å². The minimum absolute atomic E-state index is 0.0221. The van der Waals surface area contributed by atoms with E-state index in [9.17, 15) is 4.79 Å². The van der Waals surface area contributed by atoms with Gasteiger partial charge >= 0.3 is 5.97 Å². The Morgan fingerprint density at radius 2 is 2.60 bits per heavy atom. The lowest BCUT2D eigenvalue weighted by Gasteiger charge is -2.05. The first-order chi connectivity index (χ1) is 4.83. The lowest BCUT2D eigenvalue weighted by atomic mass is 10.2. The summed E-state index contributed by atoms with van der Waals surface area (Å²) in [4.78, 5) is 10.6. The summed E-state index contributed by atoms with van der Waals surface area (Å²) >= 11 is 1.80. The summed E-state index contributed by atoms with van der Waals surface area (Å²) in [5.74, 6) is 1.07. The van der Waals surface area contributed by atoms with E-state index in [0.29, 0.717) is 6.42 Å². The van der Waals surface area contributed by atoms with Gasteiger partial charge in [-0.05, 0) is 24.9 Å². The Hall–Kier alpha value is -0.180. The number of esters is 1. The molecule has 0 saturated carbocycles. The molecule has 10 heavy (non-hydrogen) atoms. The highest BCUT2D eigenvalue weighted by Crippen LogP contribution is 2.17. The van der Waals surface area contributed by atoms with Crippen LogP contribution in [0, 0.1) is 0 Å². The molecule has 0 spiro atoms. The van der Waals surface area contributed by atoms with Crippen LogP contribution < -0.4 is 0 Å². The minimum Gasteiger partial charge on any atom is -0.462 e. The zero-order valence-corrected chi connectivity index (χ0v) is 6.95. The Labute approximate surface area is 65.3 Å². The lowest BCUT2D eigenvalue weighted by Crippen LogP contribution is -2.07. The van der Waals surface area contributed by atoms with Gasteiger partial charge in [0.15, 0.2) is 0 Å². The first-order valence-electron chi connectivity index (χ1n) is 3.51. The smallest absolute Gasteiger partial charge is 0.306 e. The molecule has 1 rings (SSSR count). The number of ether oxygens (including phenoxy) is 1. The SMILES string of the molecule is CSCC[C@H]1CCC(=O)O1. The van der Waals surface area contributed by atoms with Crippen LogP contribution in [0.5, 0.6) is 0 Å².